The van der Waals surface area contributed by atoms with Gasteiger partial charge in [-0.3, -0.25) is 4.99 Å². The second-order valence-corrected chi connectivity index (χ2v) is 10.3. The smallest absolute Gasteiger partial charge is 0.407 e. The van der Waals surface area contributed by atoms with Crippen LogP contribution < -0.4 is 16.0 Å². The average Bonchev–Trinajstić information content (AvgIpc) is 2.59. The van der Waals surface area contributed by atoms with Crippen molar-refractivity contribution in [1.82, 2.24) is 20.3 Å². The third kappa shape index (κ3) is 10.6. The van der Waals surface area contributed by atoms with E-state index in [-0.39, 0.29) is 5.75 Å². The summed E-state index contributed by atoms with van der Waals surface area (Å²) in [4.78, 5) is 15.6. The lowest BCUT2D eigenvalue weighted by Gasteiger charge is -2.25. The lowest BCUT2D eigenvalue weighted by molar-refractivity contribution is 0.0527. The quantitative estimate of drug-likeness (QED) is 0.295. The molecule has 1 saturated heterocycles. The van der Waals surface area contributed by atoms with Gasteiger partial charge in [-0.15, -0.1) is 0 Å². The minimum absolute atomic E-state index is 0.0402. The van der Waals surface area contributed by atoms with Crippen molar-refractivity contribution in [3.05, 3.63) is 0 Å². The van der Waals surface area contributed by atoms with Crippen LogP contribution in [0.25, 0.3) is 0 Å². The maximum absolute atomic E-state index is 12.3. The van der Waals surface area contributed by atoms with Crippen molar-refractivity contribution < 1.29 is 17.9 Å². The maximum Gasteiger partial charge on any atom is 0.407 e. The molecule has 0 bridgehead atoms. The van der Waals surface area contributed by atoms with Gasteiger partial charge in [-0.05, 0) is 27.2 Å². The van der Waals surface area contributed by atoms with Crippen LogP contribution in [0.2, 0.25) is 0 Å². The zero-order valence-electron chi connectivity index (χ0n) is 16.7. The summed E-state index contributed by atoms with van der Waals surface area (Å²) >= 11 is 1.78. The fourth-order valence-corrected chi connectivity index (χ4v) is 4.76. The van der Waals surface area contributed by atoms with Gasteiger partial charge in [-0.2, -0.15) is 11.8 Å². The molecule has 9 nitrogen and oxygen atoms in total. The molecular weight excluding hydrogens is 390 g/mol. The van der Waals surface area contributed by atoms with E-state index in [4.69, 9.17) is 4.74 Å². The van der Waals surface area contributed by atoms with Crippen LogP contribution in [-0.4, -0.2) is 87.4 Å². The molecule has 1 rings (SSSR count). The summed E-state index contributed by atoms with van der Waals surface area (Å²) in [6.45, 7) is 7.97. The van der Waals surface area contributed by atoms with Gasteiger partial charge in [0.15, 0.2) is 5.96 Å². The molecule has 11 heteroatoms. The monoisotopic (exact) mass is 423 g/mol. The number of nitrogens with zero attached hydrogens (tertiary/aromatic N) is 2. The Balaban J connectivity index is 2.18. The second-order valence-electron chi connectivity index (χ2n) is 7.04. The molecule has 1 aliphatic rings. The Hall–Kier alpha value is -1.20. The average molecular weight is 424 g/mol. The maximum atomic E-state index is 12.3. The Morgan fingerprint density at radius 1 is 1.11 bits per heavy atom. The van der Waals surface area contributed by atoms with Gasteiger partial charge in [-0.1, -0.05) is 0 Å². The number of alkyl carbamates (subject to hydrolysis) is 1. The van der Waals surface area contributed by atoms with Gasteiger partial charge in [0.2, 0.25) is 10.0 Å². The number of carbonyl (C=O) groups excluding carboxylic acids is 1. The predicted octanol–water partition coefficient (Wildman–Crippen LogP) is 0.445. The number of hydrogen-bond donors (Lipinski definition) is 3. The van der Waals surface area contributed by atoms with E-state index in [1.165, 1.54) is 0 Å². The number of thioether (sulfide) groups is 1. The number of hydrogen-bond acceptors (Lipinski definition) is 6. The van der Waals surface area contributed by atoms with Gasteiger partial charge in [0, 0.05) is 51.3 Å². The summed E-state index contributed by atoms with van der Waals surface area (Å²) in [5.41, 5.74) is -0.512. The fraction of sp³-hybridized carbons (Fsp3) is 0.875. The van der Waals surface area contributed by atoms with Crippen molar-refractivity contribution in [3.8, 4) is 0 Å². The Kier molecular flexibility index (Phi) is 10.2. The summed E-state index contributed by atoms with van der Waals surface area (Å²) in [7, 11) is -1.60. The van der Waals surface area contributed by atoms with E-state index in [0.717, 1.165) is 11.5 Å². The number of amides is 1. The third-order valence-corrected chi connectivity index (χ3v) is 6.37. The van der Waals surface area contributed by atoms with Crippen molar-refractivity contribution in [3.63, 3.8) is 0 Å². The standard InChI is InChI=1S/C16H33N5O4S2/c1-16(2,3)25-15(22)20-7-5-6-18-14(17-4)19-8-13-27(23,24)21-9-11-26-12-10-21/h5-13H2,1-4H3,(H,20,22)(H2,17,18,19). The zero-order chi connectivity index (χ0) is 20.3. The summed E-state index contributed by atoms with van der Waals surface area (Å²) in [6.07, 6.45) is 0.246. The first-order chi connectivity index (χ1) is 12.6. The van der Waals surface area contributed by atoms with Crippen LogP contribution in [0.3, 0.4) is 0 Å². The van der Waals surface area contributed by atoms with Crippen molar-refractivity contribution in [2.24, 2.45) is 4.99 Å². The molecule has 0 radical (unpaired) electrons. The van der Waals surface area contributed by atoms with Crippen molar-refractivity contribution >= 4 is 33.8 Å². The van der Waals surface area contributed by atoms with E-state index >= 15 is 0 Å². The molecule has 0 spiro atoms. The first kappa shape index (κ1) is 23.8. The summed E-state index contributed by atoms with van der Waals surface area (Å²) in [5, 5.41) is 8.79. The highest BCUT2D eigenvalue weighted by Crippen LogP contribution is 2.12. The summed E-state index contributed by atoms with van der Waals surface area (Å²) in [6, 6.07) is 0. The van der Waals surface area contributed by atoms with Crippen LogP contribution >= 0.6 is 11.8 Å². The third-order valence-electron chi connectivity index (χ3n) is 3.55. The Labute approximate surface area is 167 Å². The molecule has 158 valence electrons. The van der Waals surface area contributed by atoms with Gasteiger partial charge in [0.1, 0.15) is 5.60 Å². The summed E-state index contributed by atoms with van der Waals surface area (Å²) in [5.74, 6) is 2.29. The van der Waals surface area contributed by atoms with Crippen LogP contribution in [0.15, 0.2) is 4.99 Å². The molecule has 1 heterocycles. The van der Waals surface area contributed by atoms with Crippen molar-refractivity contribution in [2.75, 3.05) is 57.0 Å². The molecule has 0 saturated carbocycles. The Morgan fingerprint density at radius 2 is 1.70 bits per heavy atom. The molecule has 27 heavy (non-hydrogen) atoms. The SMILES string of the molecule is CN=C(NCCCNC(=O)OC(C)(C)C)NCCS(=O)(=O)N1CCSCC1. The lowest BCUT2D eigenvalue weighted by atomic mass is 10.2. The first-order valence-corrected chi connectivity index (χ1v) is 11.9. The minimum Gasteiger partial charge on any atom is -0.444 e. The van der Waals surface area contributed by atoms with Crippen molar-refractivity contribution in [1.29, 1.82) is 0 Å². The molecule has 0 aromatic carbocycles. The predicted molar refractivity (Wildman–Crippen MR) is 111 cm³/mol. The van der Waals surface area contributed by atoms with Crippen LogP contribution in [0.5, 0.6) is 0 Å². The van der Waals surface area contributed by atoms with Gasteiger partial charge in [0.25, 0.3) is 0 Å². The van der Waals surface area contributed by atoms with Gasteiger partial charge in [-0.25, -0.2) is 17.5 Å². The van der Waals surface area contributed by atoms with E-state index in [1.807, 2.05) is 20.8 Å². The number of guanidine groups is 1. The van der Waals surface area contributed by atoms with E-state index in [9.17, 15) is 13.2 Å². The normalized spacial score (nSPS) is 16.7. The molecule has 0 aromatic heterocycles. The molecular formula is C16H33N5O4S2. The number of sulfonamides is 1. The number of aliphatic imine (C=N–C) groups is 1. The highest BCUT2D eigenvalue weighted by Gasteiger charge is 2.23. The van der Waals surface area contributed by atoms with Crippen molar-refractivity contribution in [2.45, 2.75) is 32.8 Å². The second kappa shape index (κ2) is 11.6. The topological polar surface area (TPSA) is 112 Å². The van der Waals surface area contributed by atoms with Crippen LogP contribution in [0.4, 0.5) is 4.79 Å². The molecule has 0 aliphatic carbocycles. The molecule has 1 aliphatic heterocycles. The van der Waals surface area contributed by atoms with Gasteiger partial charge >= 0.3 is 6.09 Å². The molecule has 0 aromatic rings. The van der Waals surface area contributed by atoms with Crippen LogP contribution in [-0.2, 0) is 14.8 Å². The minimum atomic E-state index is -3.23. The number of ether oxygens (including phenoxy) is 1. The van der Waals surface area contributed by atoms with Gasteiger partial charge < -0.3 is 20.7 Å². The first-order valence-electron chi connectivity index (χ1n) is 9.11. The highest BCUT2D eigenvalue weighted by molar-refractivity contribution is 7.99. The molecule has 1 fully saturated rings. The van der Waals surface area contributed by atoms with E-state index in [0.29, 0.717) is 45.1 Å². The van der Waals surface area contributed by atoms with E-state index < -0.39 is 21.7 Å². The number of rotatable bonds is 8. The summed E-state index contributed by atoms with van der Waals surface area (Å²) < 4.78 is 31.3. The Morgan fingerprint density at radius 3 is 2.30 bits per heavy atom. The number of carbonyl (C=O) groups is 1. The fourth-order valence-electron chi connectivity index (χ4n) is 2.27. The van der Waals surface area contributed by atoms with Crippen LogP contribution in [0, 0.1) is 0 Å². The zero-order valence-corrected chi connectivity index (χ0v) is 18.3. The lowest BCUT2D eigenvalue weighted by Crippen LogP contribution is -2.44. The molecule has 0 atom stereocenters. The Bertz CT molecular complexity index is 584. The van der Waals surface area contributed by atoms with E-state index in [1.54, 1.807) is 23.1 Å². The van der Waals surface area contributed by atoms with E-state index in [2.05, 4.69) is 20.9 Å². The number of nitrogens with one attached hydrogen (secondary N) is 3. The van der Waals surface area contributed by atoms with Crippen LogP contribution in [0.1, 0.15) is 27.2 Å². The van der Waals surface area contributed by atoms with Gasteiger partial charge in [0.05, 0.1) is 5.75 Å². The largest absolute Gasteiger partial charge is 0.444 e. The highest BCUT2D eigenvalue weighted by atomic mass is 32.2. The molecule has 1 amide bonds. The molecule has 3 N–H and O–H groups in total. The molecule has 0 unspecified atom stereocenters.